The van der Waals surface area contributed by atoms with Crippen molar-refractivity contribution in [1.29, 1.82) is 0 Å². The zero-order valence-electron chi connectivity index (χ0n) is 21.9. The Hall–Kier alpha value is -3.28. The van der Waals surface area contributed by atoms with Crippen molar-refractivity contribution in [3.8, 4) is 11.5 Å². The van der Waals surface area contributed by atoms with Crippen LogP contribution in [0.4, 0.5) is 0 Å². The molecule has 0 radical (unpaired) electrons. The first-order valence-electron chi connectivity index (χ1n) is 13.0. The van der Waals surface area contributed by atoms with E-state index < -0.39 is 17.7 Å². The molecule has 1 heterocycles. The molecular formula is C30H37NO5. The van der Waals surface area contributed by atoms with Crippen molar-refractivity contribution in [3.63, 3.8) is 0 Å². The Kier molecular flexibility index (Phi) is 7.72. The van der Waals surface area contributed by atoms with E-state index in [0.717, 1.165) is 48.3 Å². The number of ether oxygens (including phenoxy) is 2. The zero-order chi connectivity index (χ0) is 26.0. The minimum atomic E-state index is -0.640. The average Bonchev–Trinajstić information content (AvgIpc) is 3.44. The van der Waals surface area contributed by atoms with Gasteiger partial charge < -0.3 is 19.5 Å². The summed E-state index contributed by atoms with van der Waals surface area (Å²) in [6, 6.07) is 12.2. The highest BCUT2D eigenvalue weighted by molar-refractivity contribution is 6.46. The third kappa shape index (κ3) is 5.28. The topological polar surface area (TPSA) is 76.1 Å². The highest BCUT2D eigenvalue weighted by Gasteiger charge is 2.49. The van der Waals surface area contributed by atoms with Gasteiger partial charge in [0.1, 0.15) is 17.3 Å². The Balaban J connectivity index is 1.76. The van der Waals surface area contributed by atoms with E-state index in [0.29, 0.717) is 18.1 Å². The van der Waals surface area contributed by atoms with Crippen molar-refractivity contribution in [2.45, 2.75) is 78.5 Å². The minimum absolute atomic E-state index is 0.0168. The van der Waals surface area contributed by atoms with E-state index in [1.165, 1.54) is 0 Å². The summed E-state index contributed by atoms with van der Waals surface area (Å²) in [6.07, 6.45) is 3.81. The second-order valence-corrected chi connectivity index (χ2v) is 10.6. The monoisotopic (exact) mass is 491 g/mol. The van der Waals surface area contributed by atoms with E-state index in [2.05, 4.69) is 13.8 Å². The van der Waals surface area contributed by atoms with Crippen molar-refractivity contribution in [2.24, 2.45) is 5.92 Å². The van der Waals surface area contributed by atoms with Gasteiger partial charge in [-0.3, -0.25) is 9.59 Å². The van der Waals surface area contributed by atoms with Crippen molar-refractivity contribution in [2.75, 3.05) is 6.61 Å². The maximum absolute atomic E-state index is 13.4. The Labute approximate surface area is 213 Å². The quantitative estimate of drug-likeness (QED) is 0.271. The van der Waals surface area contributed by atoms with Crippen LogP contribution in [0.25, 0.3) is 5.76 Å². The van der Waals surface area contributed by atoms with Crippen LogP contribution < -0.4 is 9.47 Å². The Morgan fingerprint density at radius 1 is 1.03 bits per heavy atom. The van der Waals surface area contributed by atoms with Crippen LogP contribution in [0, 0.1) is 12.8 Å². The van der Waals surface area contributed by atoms with Gasteiger partial charge in [0, 0.05) is 11.6 Å². The third-order valence-electron chi connectivity index (χ3n) is 6.79. The van der Waals surface area contributed by atoms with Gasteiger partial charge in [-0.25, -0.2) is 0 Å². The molecule has 4 rings (SSSR count). The number of likely N-dealkylation sites (tertiary alicyclic amines) is 1. The van der Waals surface area contributed by atoms with Gasteiger partial charge >= 0.3 is 0 Å². The fourth-order valence-electron chi connectivity index (χ4n) is 5.11. The molecular weight excluding hydrogens is 454 g/mol. The lowest BCUT2D eigenvalue weighted by Crippen LogP contribution is -2.37. The van der Waals surface area contributed by atoms with Crippen molar-refractivity contribution in [3.05, 3.63) is 64.7 Å². The Bertz CT molecular complexity index is 1140. The summed E-state index contributed by atoms with van der Waals surface area (Å²) < 4.78 is 11.7. The van der Waals surface area contributed by atoms with Gasteiger partial charge in [0.05, 0.1) is 24.3 Å². The fraction of sp³-hybridized carbons (Fsp3) is 0.467. The van der Waals surface area contributed by atoms with Gasteiger partial charge in [-0.05, 0) is 81.0 Å². The first kappa shape index (κ1) is 25.8. The largest absolute Gasteiger partial charge is 0.507 e. The number of carbonyl (C=O) groups is 2. The third-order valence-corrected chi connectivity index (χ3v) is 6.79. The molecule has 2 fully saturated rings. The average molecular weight is 492 g/mol. The number of benzene rings is 2. The molecule has 1 amide bonds. The van der Waals surface area contributed by atoms with Gasteiger partial charge in [-0.15, -0.1) is 0 Å². The molecule has 36 heavy (non-hydrogen) atoms. The highest BCUT2D eigenvalue weighted by Crippen LogP contribution is 2.44. The lowest BCUT2D eigenvalue weighted by Gasteiger charge is -2.31. The van der Waals surface area contributed by atoms with Gasteiger partial charge in [0.15, 0.2) is 0 Å². The van der Waals surface area contributed by atoms with Crippen LogP contribution in [0.5, 0.6) is 11.5 Å². The molecule has 1 aliphatic carbocycles. The van der Waals surface area contributed by atoms with E-state index in [1.54, 1.807) is 11.0 Å². The molecule has 2 aromatic rings. The van der Waals surface area contributed by atoms with Crippen LogP contribution in [0.1, 0.15) is 76.1 Å². The van der Waals surface area contributed by atoms with Gasteiger partial charge in [0.2, 0.25) is 0 Å². The second-order valence-electron chi connectivity index (χ2n) is 10.6. The summed E-state index contributed by atoms with van der Waals surface area (Å²) in [5, 5.41) is 11.4. The lowest BCUT2D eigenvalue weighted by atomic mass is 9.94. The normalized spacial score (nSPS) is 20.1. The number of rotatable bonds is 8. The number of aliphatic hydroxyl groups excluding tert-OH is 1. The summed E-state index contributed by atoms with van der Waals surface area (Å²) in [5.41, 5.74) is 2.28. The van der Waals surface area contributed by atoms with E-state index >= 15 is 0 Å². The molecule has 0 bridgehead atoms. The maximum Gasteiger partial charge on any atom is 0.295 e. The van der Waals surface area contributed by atoms with Crippen LogP contribution in [-0.2, 0) is 9.59 Å². The number of hydrogen-bond acceptors (Lipinski definition) is 5. The predicted octanol–water partition coefficient (Wildman–Crippen LogP) is 6.18. The molecule has 0 spiro atoms. The van der Waals surface area contributed by atoms with E-state index in [4.69, 9.17) is 9.47 Å². The molecule has 1 saturated carbocycles. The first-order valence-corrected chi connectivity index (χ1v) is 13.0. The summed E-state index contributed by atoms with van der Waals surface area (Å²) in [4.78, 5) is 28.3. The van der Waals surface area contributed by atoms with Crippen molar-refractivity contribution in [1.82, 2.24) is 4.90 Å². The second kappa shape index (κ2) is 10.8. The summed E-state index contributed by atoms with van der Waals surface area (Å²) in [7, 11) is 0. The maximum atomic E-state index is 13.4. The molecule has 1 unspecified atom stereocenters. The zero-order valence-corrected chi connectivity index (χ0v) is 21.9. The smallest absolute Gasteiger partial charge is 0.295 e. The molecule has 2 aliphatic rings. The number of carbonyl (C=O) groups excluding carboxylic acids is 2. The predicted molar refractivity (Wildman–Crippen MR) is 140 cm³/mol. The summed E-state index contributed by atoms with van der Waals surface area (Å²) in [6.45, 7) is 10.6. The number of ketones is 1. The molecule has 2 aromatic carbocycles. The van der Waals surface area contributed by atoms with Gasteiger partial charge in [-0.2, -0.15) is 0 Å². The highest BCUT2D eigenvalue weighted by atomic mass is 16.5. The molecule has 1 atom stereocenters. The summed E-state index contributed by atoms with van der Waals surface area (Å²) >= 11 is 0. The number of hydrogen-bond donors (Lipinski definition) is 1. The first-order chi connectivity index (χ1) is 17.2. The van der Waals surface area contributed by atoms with Crippen molar-refractivity contribution >= 4 is 17.4 Å². The molecule has 192 valence electrons. The van der Waals surface area contributed by atoms with Crippen LogP contribution in [0.3, 0.4) is 0 Å². The summed E-state index contributed by atoms with van der Waals surface area (Å²) in [5.74, 6) is 0.527. The Morgan fingerprint density at radius 3 is 2.28 bits per heavy atom. The van der Waals surface area contributed by atoms with Crippen LogP contribution in [0.2, 0.25) is 0 Å². The fourth-order valence-corrected chi connectivity index (χ4v) is 5.11. The number of amides is 1. The number of aryl methyl sites for hydroxylation is 1. The number of Topliss-reactive ketones (excluding diaryl/α,β-unsaturated/α-hetero) is 1. The van der Waals surface area contributed by atoms with E-state index in [-0.39, 0.29) is 23.5 Å². The van der Waals surface area contributed by atoms with E-state index in [1.807, 2.05) is 57.2 Å². The minimum Gasteiger partial charge on any atom is -0.507 e. The molecule has 1 aliphatic heterocycles. The molecule has 1 N–H and O–H groups in total. The van der Waals surface area contributed by atoms with Gasteiger partial charge in [-0.1, -0.05) is 38.8 Å². The SMILES string of the molecule is Cc1cc(/C(O)=C2/C(=O)C(=O)N(C3CCCC3)C2c2ccc(OC(C)C)cc2)ccc1OCC(C)C. The van der Waals surface area contributed by atoms with Crippen molar-refractivity contribution < 1.29 is 24.2 Å². The molecule has 6 heteroatoms. The number of nitrogens with zero attached hydrogens (tertiary/aromatic N) is 1. The Morgan fingerprint density at radius 2 is 1.69 bits per heavy atom. The molecule has 0 aromatic heterocycles. The van der Waals surface area contributed by atoms with Crippen LogP contribution >= 0.6 is 0 Å². The molecule has 1 saturated heterocycles. The standard InChI is InChI=1S/C30H37NO5/c1-18(2)17-35-25-15-12-22(16-20(25)5)28(32)26-27(21-10-13-24(14-11-21)36-19(3)4)31(30(34)29(26)33)23-8-6-7-9-23/h10-16,18-19,23,27,32H,6-9,17H2,1-5H3/b28-26-. The number of aliphatic hydroxyl groups is 1. The molecule has 6 nitrogen and oxygen atoms in total. The van der Waals surface area contributed by atoms with Gasteiger partial charge in [0.25, 0.3) is 11.7 Å². The van der Waals surface area contributed by atoms with Crippen LogP contribution in [-0.4, -0.2) is 40.4 Å². The van der Waals surface area contributed by atoms with E-state index in [9.17, 15) is 14.7 Å². The lowest BCUT2D eigenvalue weighted by molar-refractivity contribution is -0.141. The van der Waals surface area contributed by atoms with Crippen LogP contribution in [0.15, 0.2) is 48.0 Å².